The molecule has 0 N–H and O–H groups in total. The second kappa shape index (κ2) is 9.53. The molecule has 3 rings (SSSR count). The van der Waals surface area contributed by atoms with Crippen molar-refractivity contribution >= 4 is 22.6 Å². The molecule has 30 heavy (non-hydrogen) atoms. The van der Waals surface area contributed by atoms with E-state index in [2.05, 4.69) is 14.9 Å². The van der Waals surface area contributed by atoms with E-state index in [9.17, 15) is 22.2 Å². The van der Waals surface area contributed by atoms with Gasteiger partial charge in [0.05, 0.1) is 13.7 Å². The fraction of sp³-hybridized carbons (Fsp3) is 0.211. The fourth-order valence-electron chi connectivity index (χ4n) is 2.52. The summed E-state index contributed by atoms with van der Waals surface area (Å²) in [6.45, 7) is -0.119. The van der Waals surface area contributed by atoms with Crippen LogP contribution in [0.3, 0.4) is 0 Å². The maximum absolute atomic E-state index is 14.7. The molecule has 0 aliphatic carbocycles. The quantitative estimate of drug-likeness (QED) is 0.498. The molecule has 1 heterocycles. The highest BCUT2D eigenvalue weighted by Crippen LogP contribution is 2.26. The first-order valence-electron chi connectivity index (χ1n) is 8.57. The van der Waals surface area contributed by atoms with Gasteiger partial charge in [-0.2, -0.15) is 8.78 Å². The lowest BCUT2D eigenvalue weighted by Crippen LogP contribution is -2.30. The molecule has 0 saturated carbocycles. The molecule has 0 spiro atoms. The van der Waals surface area contributed by atoms with E-state index in [0.717, 1.165) is 6.07 Å². The van der Waals surface area contributed by atoms with Crippen LogP contribution in [0.25, 0.3) is 11.5 Å². The number of methoxy groups -OCH3 is 1. The predicted molar refractivity (Wildman–Crippen MR) is 102 cm³/mol. The summed E-state index contributed by atoms with van der Waals surface area (Å²) in [5.74, 6) is -2.87. The minimum Gasteiger partial charge on any atom is -0.468 e. The van der Waals surface area contributed by atoms with Crippen LogP contribution in [0.15, 0.2) is 52.9 Å². The average Bonchev–Trinajstić information content (AvgIpc) is 3.24. The van der Waals surface area contributed by atoms with Crippen molar-refractivity contribution in [3.05, 3.63) is 65.8 Å². The number of anilines is 1. The maximum atomic E-state index is 14.7. The van der Waals surface area contributed by atoms with Crippen molar-refractivity contribution in [2.24, 2.45) is 0 Å². The van der Waals surface area contributed by atoms with E-state index in [1.54, 1.807) is 30.3 Å². The summed E-state index contributed by atoms with van der Waals surface area (Å²) in [5.41, 5.74) is 0.800. The van der Waals surface area contributed by atoms with Gasteiger partial charge in [-0.15, -0.1) is 10.2 Å². The Morgan fingerprint density at radius 1 is 1.20 bits per heavy atom. The Hall–Kier alpha value is -3.21. The summed E-state index contributed by atoms with van der Waals surface area (Å²) >= 11 is 0. The van der Waals surface area contributed by atoms with Gasteiger partial charge in [0.2, 0.25) is 5.89 Å². The van der Waals surface area contributed by atoms with Crippen molar-refractivity contribution in [2.75, 3.05) is 17.2 Å². The van der Waals surface area contributed by atoms with E-state index in [-0.39, 0.29) is 23.6 Å². The van der Waals surface area contributed by atoms with Crippen LogP contribution in [-0.4, -0.2) is 33.2 Å². The minimum atomic E-state index is -2.93. The van der Waals surface area contributed by atoms with Gasteiger partial charge in [-0.25, -0.2) is 8.60 Å². The third kappa shape index (κ3) is 5.03. The summed E-state index contributed by atoms with van der Waals surface area (Å²) in [6.07, 6.45) is -2.93. The van der Waals surface area contributed by atoms with E-state index >= 15 is 0 Å². The molecule has 1 aromatic heterocycles. The fourth-order valence-corrected chi connectivity index (χ4v) is 3.63. The van der Waals surface area contributed by atoms with E-state index in [1.807, 2.05) is 0 Å². The Bertz CT molecular complexity index is 1050. The number of carbonyl (C=O) groups is 1. The Kier molecular flexibility index (Phi) is 6.83. The molecule has 0 aliphatic heterocycles. The van der Waals surface area contributed by atoms with Crippen molar-refractivity contribution in [2.45, 2.75) is 13.0 Å². The molecule has 0 radical (unpaired) electrons. The van der Waals surface area contributed by atoms with E-state index in [4.69, 9.17) is 4.42 Å². The zero-order valence-electron chi connectivity index (χ0n) is 15.6. The van der Waals surface area contributed by atoms with Crippen molar-refractivity contribution in [1.29, 1.82) is 0 Å². The van der Waals surface area contributed by atoms with Crippen LogP contribution in [0.4, 0.5) is 18.9 Å². The third-order valence-corrected chi connectivity index (χ3v) is 5.31. The van der Waals surface area contributed by atoms with E-state index in [1.165, 1.54) is 23.5 Å². The number of benzene rings is 2. The molecule has 1 unspecified atom stereocenters. The maximum Gasteiger partial charge on any atom is 0.320 e. The van der Waals surface area contributed by atoms with Crippen molar-refractivity contribution in [3.8, 4) is 11.5 Å². The first-order valence-corrected chi connectivity index (χ1v) is 9.85. The smallest absolute Gasteiger partial charge is 0.320 e. The van der Waals surface area contributed by atoms with E-state index < -0.39 is 40.8 Å². The number of alkyl halides is 2. The normalized spacial score (nSPS) is 12.0. The number of rotatable bonds is 8. The molecule has 0 fully saturated rings. The summed E-state index contributed by atoms with van der Waals surface area (Å²) < 4.78 is 63.3. The van der Waals surface area contributed by atoms with Crippen LogP contribution in [-0.2, 0) is 27.1 Å². The van der Waals surface area contributed by atoms with Crippen LogP contribution in [0.5, 0.6) is 0 Å². The van der Waals surface area contributed by atoms with Crippen molar-refractivity contribution < 1.29 is 31.3 Å². The summed E-state index contributed by atoms with van der Waals surface area (Å²) in [5, 5.41) is 6.69. The molecule has 0 saturated heterocycles. The number of hydrogen-bond donors (Lipinski definition) is 0. The molecule has 7 nitrogen and oxygen atoms in total. The van der Waals surface area contributed by atoms with Gasteiger partial charge in [0.15, 0.2) is 0 Å². The van der Waals surface area contributed by atoms with Crippen molar-refractivity contribution in [1.82, 2.24) is 10.2 Å². The van der Waals surface area contributed by atoms with Crippen LogP contribution in [0.2, 0.25) is 0 Å². The molecule has 158 valence electrons. The summed E-state index contributed by atoms with van der Waals surface area (Å²) in [6, 6.07) is 12.4. The van der Waals surface area contributed by atoms with Crippen LogP contribution in [0, 0.1) is 5.82 Å². The predicted octanol–water partition coefficient (Wildman–Crippen LogP) is 3.66. The molecule has 0 aliphatic rings. The lowest BCUT2D eigenvalue weighted by atomic mass is 10.1. The molecular weight excluding hydrogens is 423 g/mol. The Morgan fingerprint density at radius 2 is 1.93 bits per heavy atom. The molecule has 0 amide bonds. The second-order valence-electron chi connectivity index (χ2n) is 5.97. The molecule has 11 heteroatoms. The van der Waals surface area contributed by atoms with Gasteiger partial charge in [0, 0.05) is 16.8 Å². The lowest BCUT2D eigenvalue weighted by molar-refractivity contribution is -0.137. The topological polar surface area (TPSA) is 85.5 Å². The highest BCUT2D eigenvalue weighted by molar-refractivity contribution is 7.87. The highest BCUT2D eigenvalue weighted by atomic mass is 32.2. The van der Waals surface area contributed by atoms with Crippen LogP contribution in [0.1, 0.15) is 17.9 Å². The molecule has 3 aromatic rings. The van der Waals surface area contributed by atoms with Gasteiger partial charge < -0.3 is 9.15 Å². The first-order chi connectivity index (χ1) is 14.4. The average molecular weight is 439 g/mol. The molecule has 2 aromatic carbocycles. The number of esters is 1. The molecular formula is C19H16F3N3O4S. The minimum absolute atomic E-state index is 0.119. The monoisotopic (exact) mass is 439 g/mol. The summed E-state index contributed by atoms with van der Waals surface area (Å²) in [7, 11) is -0.641. The zero-order valence-corrected chi connectivity index (χ0v) is 16.4. The number of halogens is 3. The Balaban J connectivity index is 1.86. The van der Waals surface area contributed by atoms with Gasteiger partial charge >= 0.3 is 12.4 Å². The second-order valence-corrected chi connectivity index (χ2v) is 7.34. The first kappa shape index (κ1) is 21.5. The molecule has 1 atom stereocenters. The number of carbonyl (C=O) groups excluding carboxylic acids is 1. The van der Waals surface area contributed by atoms with E-state index in [0.29, 0.717) is 5.69 Å². The standard InChI is InChI=1S/C19H16F3N3O4S/c1-28-16(26)11-30(27)25(14-5-3-2-4-6-14)10-13-8-7-12(9-15(13)20)18-23-24-19(29-18)17(21)22/h2-9,17H,10-11H2,1H3. The third-order valence-electron chi connectivity index (χ3n) is 4.00. The number of para-hydroxylation sites is 1. The molecule has 0 bridgehead atoms. The van der Waals surface area contributed by atoms with Crippen LogP contribution < -0.4 is 4.31 Å². The Labute approximate surface area is 172 Å². The van der Waals surface area contributed by atoms with Crippen LogP contribution >= 0.6 is 0 Å². The largest absolute Gasteiger partial charge is 0.468 e. The highest BCUT2D eigenvalue weighted by Gasteiger charge is 2.21. The van der Waals surface area contributed by atoms with Gasteiger partial charge in [-0.1, -0.05) is 24.3 Å². The Morgan fingerprint density at radius 3 is 2.53 bits per heavy atom. The van der Waals surface area contributed by atoms with Crippen molar-refractivity contribution in [3.63, 3.8) is 0 Å². The number of hydrogen-bond acceptors (Lipinski definition) is 6. The lowest BCUT2D eigenvalue weighted by Gasteiger charge is -2.23. The summed E-state index contributed by atoms with van der Waals surface area (Å²) in [4.78, 5) is 11.5. The number of nitrogens with zero attached hydrogens (tertiary/aromatic N) is 3. The van der Waals surface area contributed by atoms with Gasteiger partial charge in [-0.05, 0) is 24.3 Å². The van der Waals surface area contributed by atoms with Gasteiger partial charge in [0.1, 0.15) is 22.6 Å². The number of aromatic nitrogens is 2. The van der Waals surface area contributed by atoms with Gasteiger partial charge in [-0.3, -0.25) is 9.10 Å². The SMILES string of the molecule is COC(=O)CS(=O)N(Cc1ccc(-c2nnc(C(F)F)o2)cc1F)c1ccccc1. The number of ether oxygens (including phenoxy) is 1. The van der Waals surface area contributed by atoms with Gasteiger partial charge in [0.25, 0.3) is 5.89 Å². The zero-order chi connectivity index (χ0) is 21.7.